The van der Waals surface area contributed by atoms with Crippen LogP contribution in [0.2, 0.25) is 0 Å². The summed E-state index contributed by atoms with van der Waals surface area (Å²) in [5.74, 6) is -0.390. The smallest absolute Gasteiger partial charge is 0.397 e. The van der Waals surface area contributed by atoms with Crippen LogP contribution in [0.4, 0.5) is 18.9 Å². The molecule has 0 unspecified atom stereocenters. The number of hydrogen-bond acceptors (Lipinski definition) is 4. The van der Waals surface area contributed by atoms with Crippen LogP contribution in [0.3, 0.4) is 0 Å². The third-order valence-corrected chi connectivity index (χ3v) is 4.74. The van der Waals surface area contributed by atoms with Gasteiger partial charge < -0.3 is 11.1 Å². The quantitative estimate of drug-likeness (QED) is 0.888. The van der Waals surface area contributed by atoms with Gasteiger partial charge in [-0.15, -0.1) is 11.3 Å². The van der Waals surface area contributed by atoms with E-state index in [1.165, 1.54) is 0 Å². The lowest BCUT2D eigenvalue weighted by Gasteiger charge is -2.11. The van der Waals surface area contributed by atoms with Crippen molar-refractivity contribution in [2.75, 3.05) is 5.73 Å². The molecule has 0 radical (unpaired) electrons. The van der Waals surface area contributed by atoms with E-state index in [1.54, 1.807) is 13.8 Å². The maximum atomic E-state index is 13.4. The lowest BCUT2D eigenvalue weighted by molar-refractivity contribution is -0.136. The lowest BCUT2D eigenvalue weighted by Crippen LogP contribution is -2.29. The van der Waals surface area contributed by atoms with Crippen LogP contribution in [-0.4, -0.2) is 16.9 Å². The van der Waals surface area contributed by atoms with Gasteiger partial charge in [0.2, 0.25) is 0 Å². The van der Waals surface area contributed by atoms with Gasteiger partial charge >= 0.3 is 6.18 Å². The first-order chi connectivity index (χ1) is 10.7. The van der Waals surface area contributed by atoms with Gasteiger partial charge in [-0.2, -0.15) is 13.2 Å². The molecule has 0 saturated heterocycles. The maximum absolute atomic E-state index is 13.4. The van der Waals surface area contributed by atoms with Crippen molar-refractivity contribution in [1.82, 2.24) is 10.3 Å². The summed E-state index contributed by atoms with van der Waals surface area (Å²) in [6.45, 7) is 3.54. The summed E-state index contributed by atoms with van der Waals surface area (Å²) in [7, 11) is 0. The van der Waals surface area contributed by atoms with Crippen molar-refractivity contribution in [1.29, 1.82) is 0 Å². The SMILES string of the molecule is CC(C)NC(=O)c1sc2nc(C3CC3)cc(C(F)(F)F)c2c1N. The summed E-state index contributed by atoms with van der Waals surface area (Å²) in [5.41, 5.74) is 5.35. The van der Waals surface area contributed by atoms with Crippen molar-refractivity contribution in [3.63, 3.8) is 0 Å². The molecule has 3 rings (SSSR count). The van der Waals surface area contributed by atoms with E-state index in [4.69, 9.17) is 5.73 Å². The predicted octanol–water partition coefficient (Wildman–Crippen LogP) is 3.91. The number of aromatic nitrogens is 1. The van der Waals surface area contributed by atoms with Crippen LogP contribution in [0, 0.1) is 0 Å². The van der Waals surface area contributed by atoms with E-state index in [0.29, 0.717) is 5.69 Å². The molecule has 2 aromatic rings. The monoisotopic (exact) mass is 343 g/mol. The van der Waals surface area contributed by atoms with Gasteiger partial charge in [-0.05, 0) is 32.8 Å². The summed E-state index contributed by atoms with van der Waals surface area (Å²) in [6, 6.07) is 0.942. The Bertz CT molecular complexity index is 778. The number of halogens is 3. The van der Waals surface area contributed by atoms with Crippen LogP contribution in [-0.2, 0) is 6.18 Å². The number of anilines is 1. The normalized spacial score (nSPS) is 15.4. The zero-order valence-corrected chi connectivity index (χ0v) is 13.4. The average Bonchev–Trinajstić information content (AvgIpc) is 3.21. The van der Waals surface area contributed by atoms with E-state index in [0.717, 1.165) is 30.2 Å². The average molecular weight is 343 g/mol. The topological polar surface area (TPSA) is 68.0 Å². The molecule has 0 spiro atoms. The Morgan fingerprint density at radius 1 is 1.43 bits per heavy atom. The molecule has 4 nitrogen and oxygen atoms in total. The molecule has 1 fully saturated rings. The molecule has 3 N–H and O–H groups in total. The molecule has 0 aliphatic heterocycles. The number of pyridine rings is 1. The van der Waals surface area contributed by atoms with Crippen molar-refractivity contribution in [2.24, 2.45) is 0 Å². The van der Waals surface area contributed by atoms with Crippen LogP contribution in [0.15, 0.2) is 6.07 Å². The lowest BCUT2D eigenvalue weighted by atomic mass is 10.1. The van der Waals surface area contributed by atoms with Crippen molar-refractivity contribution in [2.45, 2.75) is 44.8 Å². The van der Waals surface area contributed by atoms with E-state index in [1.807, 2.05) is 0 Å². The first kappa shape index (κ1) is 16.0. The number of carbonyl (C=O) groups excluding carboxylic acids is 1. The summed E-state index contributed by atoms with van der Waals surface area (Å²) >= 11 is 0.915. The number of alkyl halides is 3. The second-order valence-electron chi connectivity index (χ2n) is 6.02. The van der Waals surface area contributed by atoms with Gasteiger partial charge in [0.15, 0.2) is 0 Å². The van der Waals surface area contributed by atoms with E-state index in [9.17, 15) is 18.0 Å². The van der Waals surface area contributed by atoms with E-state index >= 15 is 0 Å². The molecular weight excluding hydrogens is 327 g/mol. The molecule has 0 bridgehead atoms. The molecule has 1 amide bonds. The zero-order chi connectivity index (χ0) is 16.9. The maximum Gasteiger partial charge on any atom is 0.417 e. The van der Waals surface area contributed by atoms with Gasteiger partial charge in [0, 0.05) is 23.0 Å². The summed E-state index contributed by atoms with van der Waals surface area (Å²) < 4.78 is 40.2. The Kier molecular flexibility index (Phi) is 3.74. The largest absolute Gasteiger partial charge is 0.417 e. The highest BCUT2D eigenvalue weighted by atomic mass is 32.1. The second kappa shape index (κ2) is 5.36. The van der Waals surface area contributed by atoms with Gasteiger partial charge in [-0.25, -0.2) is 4.98 Å². The van der Waals surface area contributed by atoms with Crippen LogP contribution >= 0.6 is 11.3 Å². The highest BCUT2D eigenvalue weighted by Gasteiger charge is 2.38. The Morgan fingerprint density at radius 3 is 2.61 bits per heavy atom. The van der Waals surface area contributed by atoms with Crippen LogP contribution in [0.25, 0.3) is 10.2 Å². The van der Waals surface area contributed by atoms with Gasteiger partial charge in [0.25, 0.3) is 5.91 Å². The van der Waals surface area contributed by atoms with Gasteiger partial charge in [-0.3, -0.25) is 4.79 Å². The third kappa shape index (κ3) is 2.99. The molecule has 1 saturated carbocycles. The first-order valence-electron chi connectivity index (χ1n) is 7.29. The van der Waals surface area contributed by atoms with Crippen molar-refractivity contribution < 1.29 is 18.0 Å². The van der Waals surface area contributed by atoms with Crippen molar-refractivity contribution in [3.05, 3.63) is 22.2 Å². The number of fused-ring (bicyclic) bond motifs is 1. The minimum atomic E-state index is -4.54. The fourth-order valence-corrected chi connectivity index (χ4v) is 3.48. The standard InChI is InChI=1S/C15H16F3N3OS/c1-6(2)20-13(22)12-11(19)10-8(15(16,17)18)5-9(7-3-4-7)21-14(10)23-12/h5-7H,3-4,19H2,1-2H3,(H,20,22). The Balaban J connectivity index is 2.20. The predicted molar refractivity (Wildman–Crippen MR) is 83.6 cm³/mol. The number of carbonyl (C=O) groups is 1. The molecule has 2 aromatic heterocycles. The molecule has 23 heavy (non-hydrogen) atoms. The molecular formula is C15H16F3N3OS. The molecule has 2 heterocycles. The molecule has 1 aliphatic rings. The number of nitrogens with one attached hydrogen (secondary N) is 1. The van der Waals surface area contributed by atoms with Gasteiger partial charge in [0.05, 0.1) is 11.3 Å². The highest BCUT2D eigenvalue weighted by Crippen LogP contribution is 2.46. The Labute approximate surface area is 134 Å². The second-order valence-corrected chi connectivity index (χ2v) is 7.02. The fourth-order valence-electron chi connectivity index (χ4n) is 2.45. The van der Waals surface area contributed by atoms with Crippen molar-refractivity contribution >= 4 is 33.1 Å². The van der Waals surface area contributed by atoms with Crippen LogP contribution in [0.1, 0.15) is 53.5 Å². The zero-order valence-electron chi connectivity index (χ0n) is 12.6. The van der Waals surface area contributed by atoms with E-state index < -0.39 is 17.6 Å². The number of nitrogens with zero attached hydrogens (tertiary/aromatic N) is 1. The van der Waals surface area contributed by atoms with Gasteiger partial charge in [0.1, 0.15) is 9.71 Å². The van der Waals surface area contributed by atoms with Crippen molar-refractivity contribution in [3.8, 4) is 0 Å². The van der Waals surface area contributed by atoms with Crippen LogP contribution < -0.4 is 11.1 Å². The number of hydrogen-bond donors (Lipinski definition) is 2. The fraction of sp³-hybridized carbons (Fsp3) is 0.467. The summed E-state index contributed by atoms with van der Waals surface area (Å²) in [5, 5.41) is 2.49. The number of rotatable bonds is 3. The summed E-state index contributed by atoms with van der Waals surface area (Å²) in [6.07, 6.45) is -2.85. The molecule has 124 valence electrons. The first-order valence-corrected chi connectivity index (χ1v) is 8.11. The number of nitrogen functional groups attached to an aromatic ring is 1. The molecule has 8 heteroatoms. The Morgan fingerprint density at radius 2 is 2.09 bits per heavy atom. The molecule has 0 aromatic carbocycles. The minimum Gasteiger partial charge on any atom is -0.397 e. The molecule has 1 aliphatic carbocycles. The Hall–Kier alpha value is -1.83. The highest BCUT2D eigenvalue weighted by molar-refractivity contribution is 7.21. The minimum absolute atomic E-state index is 0.0803. The summed E-state index contributed by atoms with van der Waals surface area (Å²) in [4.78, 5) is 16.7. The third-order valence-electron chi connectivity index (χ3n) is 3.65. The van der Waals surface area contributed by atoms with Crippen LogP contribution in [0.5, 0.6) is 0 Å². The number of thiophene rings is 1. The van der Waals surface area contributed by atoms with E-state index in [-0.39, 0.29) is 32.7 Å². The molecule has 0 atom stereocenters. The van der Waals surface area contributed by atoms with E-state index in [2.05, 4.69) is 10.3 Å². The number of amides is 1. The van der Waals surface area contributed by atoms with Gasteiger partial charge in [-0.1, -0.05) is 0 Å². The number of nitrogens with two attached hydrogens (primary N) is 1.